The molecule has 0 unspecified atom stereocenters. The number of carbonyl (C=O) groups excluding carboxylic acids is 3. The molecule has 0 saturated heterocycles. The molecular formula is C18H17NO5. The summed E-state index contributed by atoms with van der Waals surface area (Å²) in [4.78, 5) is 34.9. The van der Waals surface area contributed by atoms with Gasteiger partial charge in [-0.25, -0.2) is 4.79 Å². The molecule has 2 rings (SSSR count). The molecule has 6 nitrogen and oxygen atoms in total. The zero-order valence-electron chi connectivity index (χ0n) is 13.3. The van der Waals surface area contributed by atoms with Crippen molar-refractivity contribution in [1.82, 2.24) is 0 Å². The van der Waals surface area contributed by atoms with Crippen LogP contribution in [-0.4, -0.2) is 29.4 Å². The molecule has 6 heteroatoms. The zero-order valence-corrected chi connectivity index (χ0v) is 13.3. The first-order valence-electron chi connectivity index (χ1n) is 7.25. The van der Waals surface area contributed by atoms with Crippen molar-refractivity contribution in [3.05, 3.63) is 59.2 Å². The highest BCUT2D eigenvalue weighted by atomic mass is 16.5. The van der Waals surface area contributed by atoms with Crippen molar-refractivity contribution in [2.75, 3.05) is 11.9 Å². The van der Waals surface area contributed by atoms with Crippen molar-refractivity contribution >= 4 is 23.3 Å². The fourth-order valence-corrected chi connectivity index (χ4v) is 2.02. The molecule has 0 aromatic heterocycles. The van der Waals surface area contributed by atoms with Crippen LogP contribution in [0.5, 0.6) is 5.75 Å². The summed E-state index contributed by atoms with van der Waals surface area (Å²) in [6, 6.07) is 11.0. The normalized spacial score (nSPS) is 10.1. The van der Waals surface area contributed by atoms with Crippen molar-refractivity contribution in [3.8, 4) is 5.75 Å². The van der Waals surface area contributed by atoms with E-state index in [0.29, 0.717) is 16.8 Å². The predicted octanol–water partition coefficient (Wildman–Crippen LogP) is 2.70. The van der Waals surface area contributed by atoms with Crippen molar-refractivity contribution in [2.24, 2.45) is 0 Å². The molecule has 2 aromatic carbocycles. The summed E-state index contributed by atoms with van der Waals surface area (Å²) >= 11 is 0. The second kappa shape index (κ2) is 7.41. The monoisotopic (exact) mass is 327 g/mol. The van der Waals surface area contributed by atoms with E-state index in [1.54, 1.807) is 43.3 Å². The number of nitrogens with one attached hydrogen (secondary N) is 1. The van der Waals surface area contributed by atoms with E-state index in [0.717, 1.165) is 0 Å². The fraction of sp³-hybridized carbons (Fsp3) is 0.167. The van der Waals surface area contributed by atoms with Gasteiger partial charge in [-0.2, -0.15) is 0 Å². The Hall–Kier alpha value is -3.15. The minimum atomic E-state index is -0.779. The summed E-state index contributed by atoms with van der Waals surface area (Å²) in [5, 5.41) is 12.4. The van der Waals surface area contributed by atoms with Gasteiger partial charge in [0.25, 0.3) is 5.91 Å². The molecule has 0 radical (unpaired) electrons. The predicted molar refractivity (Wildman–Crippen MR) is 88.2 cm³/mol. The van der Waals surface area contributed by atoms with E-state index in [9.17, 15) is 19.5 Å². The van der Waals surface area contributed by atoms with Gasteiger partial charge in [0.15, 0.2) is 12.4 Å². The molecule has 0 bridgehead atoms. The van der Waals surface area contributed by atoms with Crippen LogP contribution >= 0.6 is 0 Å². The largest absolute Gasteiger partial charge is 0.507 e. The van der Waals surface area contributed by atoms with Gasteiger partial charge in [-0.3, -0.25) is 9.59 Å². The minimum absolute atomic E-state index is 0.00797. The number of para-hydroxylation sites is 1. The number of phenols is 1. The molecule has 2 N–H and O–H groups in total. The van der Waals surface area contributed by atoms with Crippen LogP contribution in [0.1, 0.15) is 33.2 Å². The van der Waals surface area contributed by atoms with Crippen LogP contribution in [0.25, 0.3) is 0 Å². The third-order valence-electron chi connectivity index (χ3n) is 3.37. The van der Waals surface area contributed by atoms with Gasteiger partial charge in [0.2, 0.25) is 0 Å². The number of benzene rings is 2. The molecule has 0 heterocycles. The Balaban J connectivity index is 1.92. The number of aromatic hydroxyl groups is 1. The highest BCUT2D eigenvalue weighted by Crippen LogP contribution is 2.22. The van der Waals surface area contributed by atoms with Crippen LogP contribution in [0.3, 0.4) is 0 Å². The molecule has 1 amide bonds. The lowest BCUT2D eigenvalue weighted by atomic mass is 10.1. The number of aryl methyl sites for hydroxylation is 1. The first-order valence-corrected chi connectivity index (χ1v) is 7.25. The molecule has 124 valence electrons. The topological polar surface area (TPSA) is 92.7 Å². The number of rotatable bonds is 5. The van der Waals surface area contributed by atoms with Crippen molar-refractivity contribution < 1.29 is 24.2 Å². The van der Waals surface area contributed by atoms with Crippen molar-refractivity contribution in [2.45, 2.75) is 13.8 Å². The van der Waals surface area contributed by atoms with E-state index in [-0.39, 0.29) is 17.1 Å². The number of hydrogen-bond donors (Lipinski definition) is 2. The van der Waals surface area contributed by atoms with Gasteiger partial charge in [-0.05, 0) is 49.7 Å². The zero-order chi connectivity index (χ0) is 17.7. The molecule has 0 saturated carbocycles. The smallest absolute Gasteiger partial charge is 0.342 e. The SMILES string of the molecule is CC(=O)c1ccc(NC(=O)COC(=O)c2cccc(C)c2O)cc1. The summed E-state index contributed by atoms with van der Waals surface area (Å²) in [5.41, 5.74) is 1.57. The lowest BCUT2D eigenvalue weighted by Crippen LogP contribution is -2.21. The van der Waals surface area contributed by atoms with E-state index >= 15 is 0 Å². The molecule has 24 heavy (non-hydrogen) atoms. The van der Waals surface area contributed by atoms with E-state index in [1.807, 2.05) is 0 Å². The Bertz CT molecular complexity index is 780. The summed E-state index contributed by atoms with van der Waals surface area (Å²) < 4.78 is 4.89. The molecule has 0 aliphatic rings. The number of ketones is 1. The van der Waals surface area contributed by atoms with Gasteiger partial charge in [0.1, 0.15) is 11.3 Å². The lowest BCUT2D eigenvalue weighted by Gasteiger charge is -2.08. The Labute approximate surface area is 139 Å². The van der Waals surface area contributed by atoms with E-state index < -0.39 is 18.5 Å². The quantitative estimate of drug-likeness (QED) is 0.650. The number of amides is 1. The van der Waals surface area contributed by atoms with Gasteiger partial charge in [-0.1, -0.05) is 12.1 Å². The first-order chi connectivity index (χ1) is 11.4. The molecule has 0 spiro atoms. The average molecular weight is 327 g/mol. The Morgan fingerprint density at radius 1 is 1.08 bits per heavy atom. The lowest BCUT2D eigenvalue weighted by molar-refractivity contribution is -0.119. The van der Waals surface area contributed by atoms with Gasteiger partial charge in [-0.15, -0.1) is 0 Å². The van der Waals surface area contributed by atoms with Crippen molar-refractivity contribution in [1.29, 1.82) is 0 Å². The average Bonchev–Trinajstić information content (AvgIpc) is 2.55. The highest BCUT2D eigenvalue weighted by Gasteiger charge is 2.15. The maximum Gasteiger partial charge on any atom is 0.342 e. The third-order valence-corrected chi connectivity index (χ3v) is 3.37. The van der Waals surface area contributed by atoms with E-state index in [4.69, 9.17) is 4.74 Å². The number of ether oxygens (including phenoxy) is 1. The summed E-state index contributed by atoms with van der Waals surface area (Å²) in [5.74, 6) is -1.54. The Morgan fingerprint density at radius 3 is 2.38 bits per heavy atom. The van der Waals surface area contributed by atoms with Gasteiger partial charge >= 0.3 is 5.97 Å². The van der Waals surface area contributed by atoms with Crippen LogP contribution in [0.2, 0.25) is 0 Å². The van der Waals surface area contributed by atoms with E-state index in [2.05, 4.69) is 5.32 Å². The van der Waals surface area contributed by atoms with Gasteiger partial charge < -0.3 is 15.2 Å². The van der Waals surface area contributed by atoms with Gasteiger partial charge in [0.05, 0.1) is 0 Å². The van der Waals surface area contributed by atoms with Crippen LogP contribution < -0.4 is 5.32 Å². The minimum Gasteiger partial charge on any atom is -0.507 e. The standard InChI is InChI=1S/C18H17NO5/c1-11-4-3-5-15(17(11)22)18(23)24-10-16(21)19-14-8-6-13(7-9-14)12(2)20/h3-9,22H,10H2,1-2H3,(H,19,21). The fourth-order valence-electron chi connectivity index (χ4n) is 2.02. The van der Waals surface area contributed by atoms with Crippen molar-refractivity contribution in [3.63, 3.8) is 0 Å². The number of carbonyl (C=O) groups is 3. The third kappa shape index (κ3) is 4.19. The maximum atomic E-state index is 11.9. The number of hydrogen-bond acceptors (Lipinski definition) is 5. The molecule has 0 aliphatic heterocycles. The van der Waals surface area contributed by atoms with E-state index in [1.165, 1.54) is 13.0 Å². The number of Topliss-reactive ketones (excluding diaryl/α,β-unsaturated/α-hetero) is 1. The first kappa shape index (κ1) is 17.2. The Kier molecular flexibility index (Phi) is 5.31. The number of esters is 1. The maximum absolute atomic E-state index is 11.9. The van der Waals surface area contributed by atoms with Crippen LogP contribution in [0.4, 0.5) is 5.69 Å². The summed E-state index contributed by atoms with van der Waals surface area (Å²) in [6.07, 6.45) is 0. The highest BCUT2D eigenvalue weighted by molar-refractivity contribution is 5.98. The number of anilines is 1. The molecule has 0 atom stereocenters. The van der Waals surface area contributed by atoms with Crippen LogP contribution in [-0.2, 0) is 9.53 Å². The Morgan fingerprint density at radius 2 is 1.75 bits per heavy atom. The molecule has 0 fully saturated rings. The second-order valence-corrected chi connectivity index (χ2v) is 5.23. The second-order valence-electron chi connectivity index (χ2n) is 5.23. The molecule has 0 aliphatic carbocycles. The van der Waals surface area contributed by atoms with Crippen LogP contribution in [0, 0.1) is 6.92 Å². The van der Waals surface area contributed by atoms with Gasteiger partial charge in [0, 0.05) is 11.3 Å². The summed E-state index contributed by atoms with van der Waals surface area (Å²) in [7, 11) is 0. The molecular weight excluding hydrogens is 310 g/mol. The molecule has 2 aromatic rings. The number of phenolic OH excluding ortho intramolecular Hbond substituents is 1. The summed E-state index contributed by atoms with van der Waals surface area (Å²) in [6.45, 7) is 2.62. The van der Waals surface area contributed by atoms with Crippen LogP contribution in [0.15, 0.2) is 42.5 Å².